The van der Waals surface area contributed by atoms with Gasteiger partial charge in [-0.1, -0.05) is 170 Å². The van der Waals surface area contributed by atoms with E-state index in [1.54, 1.807) is 0 Å². The molecule has 10 aromatic carbocycles. The molecule has 0 bridgehead atoms. The van der Waals surface area contributed by atoms with Gasteiger partial charge in [0.2, 0.25) is 0 Å². The zero-order chi connectivity index (χ0) is 38.2. The first-order valence-electron chi connectivity index (χ1n) is 19.9. The molecule has 0 aliphatic rings. The van der Waals surface area contributed by atoms with Crippen LogP contribution < -0.4 is 0 Å². The number of rotatable bonds is 4. The molecule has 0 spiro atoms. The second-order valence-corrected chi connectivity index (χ2v) is 15.2. The first-order valence-corrected chi connectivity index (χ1v) is 19.9. The quantitative estimate of drug-likeness (QED) is 0.168. The first kappa shape index (κ1) is 32.6. The van der Waals surface area contributed by atoms with Gasteiger partial charge in [-0.05, 0) is 112 Å². The number of aromatic nitrogens is 2. The predicted octanol–water partition coefficient (Wildman–Crippen LogP) is 15.2. The minimum atomic E-state index is 1.01. The Morgan fingerprint density at radius 2 is 0.586 bits per heavy atom. The van der Waals surface area contributed by atoms with E-state index in [0.29, 0.717) is 0 Å². The summed E-state index contributed by atoms with van der Waals surface area (Å²) >= 11 is 0. The zero-order valence-electron chi connectivity index (χ0n) is 31.5. The third-order valence-corrected chi connectivity index (χ3v) is 12.1. The molecule has 268 valence electrons. The van der Waals surface area contributed by atoms with Crippen molar-refractivity contribution in [2.24, 2.45) is 0 Å². The van der Waals surface area contributed by atoms with Crippen LogP contribution in [0.2, 0.25) is 0 Å². The molecule has 0 radical (unpaired) electrons. The van der Waals surface area contributed by atoms with E-state index in [2.05, 4.69) is 194 Å². The summed E-state index contributed by atoms with van der Waals surface area (Å²) < 4.78 is 0. The Balaban J connectivity index is 1.14. The maximum atomic E-state index is 5.13. The molecule has 0 N–H and O–H groups in total. The fourth-order valence-electron chi connectivity index (χ4n) is 9.59. The van der Waals surface area contributed by atoms with Crippen molar-refractivity contribution in [1.29, 1.82) is 0 Å². The Kier molecular flexibility index (Phi) is 7.26. The van der Waals surface area contributed by atoms with Gasteiger partial charge in [-0.25, -0.2) is 0 Å². The summed E-state index contributed by atoms with van der Waals surface area (Å²) in [5.74, 6) is 0. The average molecular weight is 735 g/mol. The van der Waals surface area contributed by atoms with Crippen LogP contribution in [0.5, 0.6) is 0 Å². The third kappa shape index (κ3) is 4.92. The molecule has 0 unspecified atom stereocenters. The summed E-state index contributed by atoms with van der Waals surface area (Å²) in [7, 11) is 0. The number of pyridine rings is 2. The lowest BCUT2D eigenvalue weighted by Crippen LogP contribution is -1.95. The molecule has 12 rings (SSSR count). The molecule has 2 heterocycles. The number of hydrogen-bond donors (Lipinski definition) is 0. The standard InChI is InChI=1S/C56H34N2/c1-3-15-37-33-39(27-25-35(37)13-1)51-43-19-7-9-21-45(43)53(49-23-11-31-57-55(49)51)47-29-30-48(42-18-6-5-17-41(42)47)54-46-22-10-8-20-44(46)52(56-50(54)24-12-32-58-56)40-28-26-36-14-2-4-16-38(36)34-40/h1-34H. The predicted molar refractivity (Wildman–Crippen MR) is 246 cm³/mol. The fourth-order valence-corrected chi connectivity index (χ4v) is 9.59. The zero-order valence-corrected chi connectivity index (χ0v) is 31.5. The van der Waals surface area contributed by atoms with Gasteiger partial charge >= 0.3 is 0 Å². The Morgan fingerprint density at radius 1 is 0.241 bits per heavy atom. The van der Waals surface area contributed by atoms with Gasteiger partial charge in [0, 0.05) is 34.3 Å². The second-order valence-electron chi connectivity index (χ2n) is 15.2. The van der Waals surface area contributed by atoms with Gasteiger partial charge in [-0.3, -0.25) is 9.97 Å². The molecule has 58 heavy (non-hydrogen) atoms. The average Bonchev–Trinajstić information content (AvgIpc) is 3.29. The van der Waals surface area contributed by atoms with Gasteiger partial charge in [0.25, 0.3) is 0 Å². The summed E-state index contributed by atoms with van der Waals surface area (Å²) in [5.41, 5.74) is 11.5. The molecule has 0 saturated heterocycles. The molecule has 2 aromatic heterocycles. The Hall–Kier alpha value is -7.68. The van der Waals surface area contributed by atoms with Crippen LogP contribution in [-0.4, -0.2) is 9.97 Å². The highest BCUT2D eigenvalue weighted by Crippen LogP contribution is 2.49. The minimum Gasteiger partial charge on any atom is -0.256 e. The van der Waals surface area contributed by atoms with Crippen molar-refractivity contribution in [2.45, 2.75) is 0 Å². The second kappa shape index (κ2) is 12.9. The molecule has 0 atom stereocenters. The van der Waals surface area contributed by atoms with Crippen LogP contribution in [0.25, 0.3) is 120 Å². The summed E-state index contributed by atoms with van der Waals surface area (Å²) in [6.07, 6.45) is 3.86. The van der Waals surface area contributed by atoms with E-state index in [-0.39, 0.29) is 0 Å². The fraction of sp³-hybridized carbons (Fsp3) is 0. The first-order chi connectivity index (χ1) is 28.8. The Labute approximate surface area is 335 Å². The molecule has 0 saturated carbocycles. The van der Waals surface area contributed by atoms with E-state index >= 15 is 0 Å². The topological polar surface area (TPSA) is 25.8 Å². The van der Waals surface area contributed by atoms with E-state index in [1.807, 2.05) is 12.4 Å². The smallest absolute Gasteiger partial charge is 0.0792 e. The van der Waals surface area contributed by atoms with Crippen molar-refractivity contribution < 1.29 is 0 Å². The van der Waals surface area contributed by atoms with E-state index in [0.717, 1.165) is 21.8 Å². The van der Waals surface area contributed by atoms with Crippen molar-refractivity contribution in [3.05, 3.63) is 207 Å². The van der Waals surface area contributed by atoms with E-state index in [4.69, 9.17) is 9.97 Å². The summed E-state index contributed by atoms with van der Waals surface area (Å²) in [6.45, 7) is 0. The van der Waals surface area contributed by atoms with E-state index in [9.17, 15) is 0 Å². The van der Waals surface area contributed by atoms with Crippen LogP contribution in [-0.2, 0) is 0 Å². The molecule has 0 aliphatic heterocycles. The van der Waals surface area contributed by atoms with Crippen molar-refractivity contribution in [1.82, 2.24) is 9.97 Å². The van der Waals surface area contributed by atoms with Crippen LogP contribution in [0.15, 0.2) is 207 Å². The SMILES string of the molecule is c1ccc2cc(-c3c4ccccc4c(-c4ccc(-c5c6ccccc6c(-c6ccc7ccccc7c6)c6ncccc56)c5ccccc45)c4cccnc34)ccc2c1. The molecular weight excluding hydrogens is 701 g/mol. The molecule has 2 nitrogen and oxygen atoms in total. The van der Waals surface area contributed by atoms with E-state index in [1.165, 1.54) is 98.4 Å². The molecular formula is C56H34N2. The molecule has 0 aliphatic carbocycles. The lowest BCUT2D eigenvalue weighted by molar-refractivity contribution is 1.42. The van der Waals surface area contributed by atoms with Gasteiger partial charge in [0.05, 0.1) is 11.0 Å². The summed E-state index contributed by atoms with van der Waals surface area (Å²) in [6, 6.07) is 70.7. The van der Waals surface area contributed by atoms with Crippen molar-refractivity contribution in [3.8, 4) is 44.5 Å². The number of benzene rings is 10. The van der Waals surface area contributed by atoms with Crippen LogP contribution in [0, 0.1) is 0 Å². The highest BCUT2D eigenvalue weighted by atomic mass is 14.7. The normalized spacial score (nSPS) is 11.8. The highest BCUT2D eigenvalue weighted by molar-refractivity contribution is 6.26. The van der Waals surface area contributed by atoms with Gasteiger partial charge in [0.15, 0.2) is 0 Å². The molecule has 2 heteroatoms. The van der Waals surface area contributed by atoms with Gasteiger partial charge in [-0.15, -0.1) is 0 Å². The largest absolute Gasteiger partial charge is 0.256 e. The van der Waals surface area contributed by atoms with Crippen molar-refractivity contribution in [2.75, 3.05) is 0 Å². The van der Waals surface area contributed by atoms with E-state index < -0.39 is 0 Å². The highest BCUT2D eigenvalue weighted by Gasteiger charge is 2.22. The molecule has 0 amide bonds. The lowest BCUT2D eigenvalue weighted by Gasteiger charge is -2.21. The molecule has 0 fully saturated rings. The monoisotopic (exact) mass is 734 g/mol. The minimum absolute atomic E-state index is 1.01. The summed E-state index contributed by atoms with van der Waals surface area (Å²) in [5, 5.41) is 14.4. The van der Waals surface area contributed by atoms with Crippen LogP contribution >= 0.6 is 0 Å². The van der Waals surface area contributed by atoms with Gasteiger partial charge < -0.3 is 0 Å². The summed E-state index contributed by atoms with van der Waals surface area (Å²) in [4.78, 5) is 10.3. The number of nitrogens with zero attached hydrogens (tertiary/aromatic N) is 2. The third-order valence-electron chi connectivity index (χ3n) is 12.1. The van der Waals surface area contributed by atoms with Crippen LogP contribution in [0.4, 0.5) is 0 Å². The van der Waals surface area contributed by atoms with Crippen molar-refractivity contribution in [3.63, 3.8) is 0 Å². The number of hydrogen-bond acceptors (Lipinski definition) is 2. The maximum absolute atomic E-state index is 5.13. The van der Waals surface area contributed by atoms with Crippen LogP contribution in [0.3, 0.4) is 0 Å². The Morgan fingerprint density at radius 3 is 1.02 bits per heavy atom. The number of fused-ring (bicyclic) bond motifs is 7. The van der Waals surface area contributed by atoms with Crippen molar-refractivity contribution >= 4 is 75.7 Å². The Bertz CT molecular complexity index is 3280. The molecule has 12 aromatic rings. The van der Waals surface area contributed by atoms with Crippen LogP contribution in [0.1, 0.15) is 0 Å². The maximum Gasteiger partial charge on any atom is 0.0792 e. The van der Waals surface area contributed by atoms with Gasteiger partial charge in [-0.2, -0.15) is 0 Å². The lowest BCUT2D eigenvalue weighted by atomic mass is 9.83. The van der Waals surface area contributed by atoms with Gasteiger partial charge in [0.1, 0.15) is 0 Å².